The lowest BCUT2D eigenvalue weighted by atomic mass is 9.92. The maximum absolute atomic E-state index is 12.9. The lowest BCUT2D eigenvalue weighted by Crippen LogP contribution is -2.65. The highest BCUT2D eigenvalue weighted by Crippen LogP contribution is 2.22. The van der Waals surface area contributed by atoms with E-state index in [1.54, 1.807) is 4.90 Å². The van der Waals surface area contributed by atoms with Gasteiger partial charge in [-0.25, -0.2) is 4.79 Å². The predicted octanol–water partition coefficient (Wildman–Crippen LogP) is 0.945. The van der Waals surface area contributed by atoms with Crippen LogP contribution in [0.4, 0.5) is 0 Å². The Kier molecular flexibility index (Phi) is 7.89. The van der Waals surface area contributed by atoms with Gasteiger partial charge in [0.15, 0.2) is 5.76 Å². The summed E-state index contributed by atoms with van der Waals surface area (Å²) >= 11 is 0. The number of amides is 3. The average molecular weight is 449 g/mol. The lowest BCUT2D eigenvalue weighted by molar-refractivity contribution is -0.149. The van der Waals surface area contributed by atoms with Crippen LogP contribution in [0.5, 0.6) is 0 Å². The first kappa shape index (κ1) is 23.8. The molecule has 4 N–H and O–H groups in total. The summed E-state index contributed by atoms with van der Waals surface area (Å²) in [5.41, 5.74) is -2.01. The van der Waals surface area contributed by atoms with Crippen molar-refractivity contribution in [2.45, 2.75) is 51.1 Å². The predicted molar refractivity (Wildman–Crippen MR) is 114 cm³/mol. The van der Waals surface area contributed by atoms with Crippen molar-refractivity contribution in [2.75, 3.05) is 26.2 Å². The molecule has 2 saturated heterocycles. The molecule has 176 valence electrons. The minimum atomic E-state index is -2.01. The summed E-state index contributed by atoms with van der Waals surface area (Å²) in [5.74, 6) is -2.67. The Morgan fingerprint density at radius 1 is 1.22 bits per heavy atom. The SMILES string of the molecule is C[C@](NC(=O)c1ccco1)(NC(=O)C1CCCN(C(=O)CCC2CCNCC2)C1)C(=O)O. The van der Waals surface area contributed by atoms with Crippen molar-refractivity contribution in [2.24, 2.45) is 11.8 Å². The summed E-state index contributed by atoms with van der Waals surface area (Å²) in [4.78, 5) is 51.3. The number of hydrogen-bond donors (Lipinski definition) is 4. The van der Waals surface area contributed by atoms with Gasteiger partial charge in [0.1, 0.15) is 0 Å². The molecule has 2 fully saturated rings. The number of nitrogens with one attached hydrogen (secondary N) is 3. The summed E-state index contributed by atoms with van der Waals surface area (Å²) < 4.78 is 4.98. The summed E-state index contributed by atoms with van der Waals surface area (Å²) in [6.07, 6.45) is 5.98. The molecule has 3 rings (SSSR count). The highest BCUT2D eigenvalue weighted by molar-refractivity contribution is 5.97. The molecule has 2 atom stereocenters. The Balaban J connectivity index is 1.54. The van der Waals surface area contributed by atoms with Crippen LogP contribution in [0.15, 0.2) is 22.8 Å². The van der Waals surface area contributed by atoms with Crippen LogP contribution in [-0.4, -0.2) is 65.5 Å². The second-order valence-corrected chi connectivity index (χ2v) is 8.76. The van der Waals surface area contributed by atoms with Gasteiger partial charge in [0, 0.05) is 19.5 Å². The van der Waals surface area contributed by atoms with Gasteiger partial charge in [0.25, 0.3) is 5.91 Å². The van der Waals surface area contributed by atoms with E-state index in [9.17, 15) is 24.3 Å². The van der Waals surface area contributed by atoms with Crippen LogP contribution in [0.25, 0.3) is 0 Å². The van der Waals surface area contributed by atoms with E-state index in [0.717, 1.165) is 32.4 Å². The van der Waals surface area contributed by atoms with E-state index < -0.39 is 29.4 Å². The third kappa shape index (κ3) is 6.09. The number of hydrogen-bond acceptors (Lipinski definition) is 6. The summed E-state index contributed by atoms with van der Waals surface area (Å²) in [6.45, 7) is 4.03. The number of likely N-dealkylation sites (tertiary alicyclic amines) is 1. The molecule has 0 bridgehead atoms. The number of carboxylic acid groups (broad SMARTS) is 1. The third-order valence-electron chi connectivity index (χ3n) is 6.28. The maximum Gasteiger partial charge on any atom is 0.350 e. The molecule has 3 amide bonds. The Labute approximate surface area is 187 Å². The molecule has 3 heterocycles. The van der Waals surface area contributed by atoms with E-state index in [1.165, 1.54) is 25.3 Å². The molecule has 2 aliphatic heterocycles. The first-order chi connectivity index (χ1) is 15.3. The van der Waals surface area contributed by atoms with Crippen LogP contribution in [0.3, 0.4) is 0 Å². The molecule has 0 aromatic carbocycles. The number of piperidine rings is 2. The van der Waals surface area contributed by atoms with Crippen LogP contribution in [-0.2, 0) is 14.4 Å². The van der Waals surface area contributed by atoms with Crippen molar-refractivity contribution in [1.82, 2.24) is 20.9 Å². The van der Waals surface area contributed by atoms with Crippen LogP contribution in [0, 0.1) is 11.8 Å². The molecule has 32 heavy (non-hydrogen) atoms. The van der Waals surface area contributed by atoms with Gasteiger partial charge in [-0.1, -0.05) is 0 Å². The van der Waals surface area contributed by atoms with E-state index in [4.69, 9.17) is 4.42 Å². The topological polar surface area (TPSA) is 141 Å². The Hall–Kier alpha value is -2.88. The molecule has 2 aliphatic rings. The number of rotatable bonds is 8. The first-order valence-corrected chi connectivity index (χ1v) is 11.2. The zero-order valence-electron chi connectivity index (χ0n) is 18.4. The standard InChI is InChI=1S/C22H32N4O6/c1-22(21(30)31,25-20(29)17-5-3-13-32-17)24-19(28)16-4-2-12-26(14-16)18(27)7-6-15-8-10-23-11-9-15/h3,5,13,15-16,23H,2,4,6-12,14H2,1H3,(H,24,28)(H,25,29)(H,30,31)/t16?,22-/m1/s1. The second-order valence-electron chi connectivity index (χ2n) is 8.76. The van der Waals surface area contributed by atoms with Crippen LogP contribution < -0.4 is 16.0 Å². The number of carboxylic acids is 1. The van der Waals surface area contributed by atoms with Gasteiger partial charge in [-0.2, -0.15) is 0 Å². The molecule has 1 aromatic heterocycles. The monoisotopic (exact) mass is 448 g/mol. The van der Waals surface area contributed by atoms with Crippen LogP contribution in [0.1, 0.15) is 56.0 Å². The first-order valence-electron chi connectivity index (χ1n) is 11.2. The Morgan fingerprint density at radius 2 is 1.97 bits per heavy atom. The molecule has 0 spiro atoms. The number of carbonyl (C=O) groups is 4. The van der Waals surface area contributed by atoms with Gasteiger partial charge in [-0.3, -0.25) is 14.4 Å². The Morgan fingerprint density at radius 3 is 2.62 bits per heavy atom. The second kappa shape index (κ2) is 10.6. The summed E-state index contributed by atoms with van der Waals surface area (Å²) in [5, 5.41) is 17.7. The number of aliphatic carboxylic acids is 1. The molecule has 0 aliphatic carbocycles. The van der Waals surface area contributed by atoms with Gasteiger partial charge in [-0.15, -0.1) is 0 Å². The fourth-order valence-corrected chi connectivity index (χ4v) is 4.26. The van der Waals surface area contributed by atoms with E-state index in [0.29, 0.717) is 31.7 Å². The van der Waals surface area contributed by atoms with Gasteiger partial charge in [0.05, 0.1) is 12.2 Å². The van der Waals surface area contributed by atoms with Gasteiger partial charge >= 0.3 is 5.97 Å². The number of furan rings is 1. The van der Waals surface area contributed by atoms with Crippen LogP contribution >= 0.6 is 0 Å². The van der Waals surface area contributed by atoms with Gasteiger partial charge < -0.3 is 30.4 Å². The maximum atomic E-state index is 12.9. The molecule has 0 saturated carbocycles. The zero-order chi connectivity index (χ0) is 23.1. The molecule has 1 unspecified atom stereocenters. The van der Waals surface area contributed by atoms with Crippen molar-refractivity contribution in [3.05, 3.63) is 24.2 Å². The van der Waals surface area contributed by atoms with Crippen molar-refractivity contribution in [3.8, 4) is 0 Å². The van der Waals surface area contributed by atoms with Gasteiger partial charge in [-0.05, 0) is 70.2 Å². The van der Waals surface area contributed by atoms with E-state index in [1.807, 2.05) is 0 Å². The molecular formula is C22H32N4O6. The van der Waals surface area contributed by atoms with E-state index >= 15 is 0 Å². The number of carbonyl (C=O) groups excluding carboxylic acids is 3. The molecule has 10 heteroatoms. The molecule has 10 nitrogen and oxygen atoms in total. The Bertz CT molecular complexity index is 820. The fourth-order valence-electron chi connectivity index (χ4n) is 4.26. The minimum Gasteiger partial charge on any atom is -0.478 e. The van der Waals surface area contributed by atoms with Crippen molar-refractivity contribution in [1.29, 1.82) is 0 Å². The largest absolute Gasteiger partial charge is 0.478 e. The van der Waals surface area contributed by atoms with E-state index in [2.05, 4.69) is 16.0 Å². The summed E-state index contributed by atoms with van der Waals surface area (Å²) in [7, 11) is 0. The molecular weight excluding hydrogens is 416 g/mol. The van der Waals surface area contributed by atoms with Crippen LogP contribution in [0.2, 0.25) is 0 Å². The quantitative estimate of drug-likeness (QED) is 0.434. The normalized spacial score (nSPS) is 21.4. The number of nitrogens with zero attached hydrogens (tertiary/aromatic N) is 1. The molecule has 0 radical (unpaired) electrons. The molecule has 1 aromatic rings. The van der Waals surface area contributed by atoms with Crippen molar-refractivity contribution < 1.29 is 28.7 Å². The van der Waals surface area contributed by atoms with Crippen molar-refractivity contribution >= 4 is 23.7 Å². The van der Waals surface area contributed by atoms with Crippen molar-refractivity contribution in [3.63, 3.8) is 0 Å². The lowest BCUT2D eigenvalue weighted by Gasteiger charge is -2.35. The zero-order valence-corrected chi connectivity index (χ0v) is 18.4. The third-order valence-corrected chi connectivity index (χ3v) is 6.28. The highest BCUT2D eigenvalue weighted by Gasteiger charge is 2.40. The average Bonchev–Trinajstić information content (AvgIpc) is 3.33. The van der Waals surface area contributed by atoms with E-state index in [-0.39, 0.29) is 18.2 Å². The van der Waals surface area contributed by atoms with Gasteiger partial charge in [0.2, 0.25) is 17.5 Å². The summed E-state index contributed by atoms with van der Waals surface area (Å²) in [6, 6.07) is 2.90. The minimum absolute atomic E-state index is 0.0353. The highest BCUT2D eigenvalue weighted by atomic mass is 16.4. The smallest absolute Gasteiger partial charge is 0.350 e. The fraction of sp³-hybridized carbons (Fsp3) is 0.636.